The van der Waals surface area contributed by atoms with Gasteiger partial charge in [0.15, 0.2) is 5.96 Å². The number of nitrogens with two attached hydrogens (primary N) is 2. The summed E-state index contributed by atoms with van der Waals surface area (Å²) < 4.78 is 0. The Kier molecular flexibility index (Phi) is 3.31. The maximum absolute atomic E-state index is 5.27. The van der Waals surface area contributed by atoms with Crippen LogP contribution in [0.2, 0.25) is 0 Å². The summed E-state index contributed by atoms with van der Waals surface area (Å²) >= 11 is 0. The standard InChI is InChI=1S/C10H15N3/c1-8(13-10(11)12)7-9-5-3-2-4-6-9/h2-6,8H,7H2,1H3,(H4,11,12,13)/t8-/m0/s1. The lowest BCUT2D eigenvalue weighted by Gasteiger charge is -2.05. The molecule has 70 valence electrons. The fourth-order valence-corrected chi connectivity index (χ4v) is 1.26. The lowest BCUT2D eigenvalue weighted by molar-refractivity contribution is 0.738. The minimum absolute atomic E-state index is 0.146. The van der Waals surface area contributed by atoms with E-state index in [-0.39, 0.29) is 12.0 Å². The molecule has 3 nitrogen and oxygen atoms in total. The predicted octanol–water partition coefficient (Wildman–Crippen LogP) is 0.891. The second kappa shape index (κ2) is 4.50. The number of hydrogen-bond acceptors (Lipinski definition) is 1. The summed E-state index contributed by atoms with van der Waals surface area (Å²) in [5.74, 6) is 0.156. The normalized spacial score (nSPS) is 12.1. The van der Waals surface area contributed by atoms with Crippen LogP contribution in [-0.4, -0.2) is 12.0 Å². The number of aliphatic imine (C=N–C) groups is 1. The minimum atomic E-state index is 0.146. The Labute approximate surface area is 78.5 Å². The summed E-state index contributed by atoms with van der Waals surface area (Å²) in [7, 11) is 0. The molecule has 1 aromatic rings. The van der Waals surface area contributed by atoms with Crippen molar-refractivity contribution in [1.29, 1.82) is 0 Å². The van der Waals surface area contributed by atoms with Gasteiger partial charge in [-0.1, -0.05) is 30.3 Å². The Bertz CT molecular complexity index is 275. The van der Waals surface area contributed by atoms with Gasteiger partial charge in [0, 0.05) is 0 Å². The number of rotatable bonds is 3. The molecule has 0 saturated carbocycles. The molecule has 4 N–H and O–H groups in total. The van der Waals surface area contributed by atoms with Crippen molar-refractivity contribution in [3.8, 4) is 0 Å². The van der Waals surface area contributed by atoms with Crippen LogP contribution >= 0.6 is 0 Å². The summed E-state index contributed by atoms with van der Waals surface area (Å²) in [6, 6.07) is 10.3. The van der Waals surface area contributed by atoms with Gasteiger partial charge >= 0.3 is 0 Å². The Morgan fingerprint density at radius 2 is 1.92 bits per heavy atom. The SMILES string of the molecule is C[C@@H](Cc1ccccc1)N=C(N)N. The van der Waals surface area contributed by atoms with E-state index in [1.807, 2.05) is 25.1 Å². The summed E-state index contributed by atoms with van der Waals surface area (Å²) in [5, 5.41) is 0. The Morgan fingerprint density at radius 1 is 1.31 bits per heavy atom. The minimum Gasteiger partial charge on any atom is -0.370 e. The van der Waals surface area contributed by atoms with Crippen molar-refractivity contribution < 1.29 is 0 Å². The zero-order valence-corrected chi connectivity index (χ0v) is 7.77. The van der Waals surface area contributed by atoms with Crippen molar-refractivity contribution in [3.63, 3.8) is 0 Å². The van der Waals surface area contributed by atoms with Crippen molar-refractivity contribution in [2.24, 2.45) is 16.5 Å². The fraction of sp³-hybridized carbons (Fsp3) is 0.300. The molecule has 0 aliphatic rings. The van der Waals surface area contributed by atoms with Gasteiger partial charge in [-0.3, -0.25) is 4.99 Å². The second-order valence-corrected chi connectivity index (χ2v) is 3.09. The van der Waals surface area contributed by atoms with Crippen LogP contribution in [0.4, 0.5) is 0 Å². The number of nitrogens with zero attached hydrogens (tertiary/aromatic N) is 1. The van der Waals surface area contributed by atoms with Crippen LogP contribution in [0.1, 0.15) is 12.5 Å². The summed E-state index contributed by atoms with van der Waals surface area (Å²) in [4.78, 5) is 4.04. The Balaban J connectivity index is 2.55. The van der Waals surface area contributed by atoms with Crippen LogP contribution in [0, 0.1) is 0 Å². The smallest absolute Gasteiger partial charge is 0.186 e. The molecule has 1 rings (SSSR count). The largest absolute Gasteiger partial charge is 0.370 e. The van der Waals surface area contributed by atoms with Crippen LogP contribution < -0.4 is 11.5 Å². The summed E-state index contributed by atoms with van der Waals surface area (Å²) in [6.07, 6.45) is 0.874. The zero-order valence-electron chi connectivity index (χ0n) is 7.77. The molecular formula is C10H15N3. The van der Waals surface area contributed by atoms with E-state index in [9.17, 15) is 0 Å². The highest BCUT2D eigenvalue weighted by Crippen LogP contribution is 2.04. The number of benzene rings is 1. The van der Waals surface area contributed by atoms with Crippen LogP contribution in [-0.2, 0) is 6.42 Å². The van der Waals surface area contributed by atoms with E-state index in [1.54, 1.807) is 0 Å². The fourth-order valence-electron chi connectivity index (χ4n) is 1.26. The third kappa shape index (κ3) is 3.60. The van der Waals surface area contributed by atoms with Crippen LogP contribution in [0.25, 0.3) is 0 Å². The molecule has 0 unspecified atom stereocenters. The molecule has 0 radical (unpaired) electrons. The number of hydrogen-bond donors (Lipinski definition) is 2. The van der Waals surface area contributed by atoms with Gasteiger partial charge in [0.2, 0.25) is 0 Å². The first-order valence-corrected chi connectivity index (χ1v) is 4.31. The average Bonchev–Trinajstić information content (AvgIpc) is 2.04. The van der Waals surface area contributed by atoms with E-state index >= 15 is 0 Å². The zero-order chi connectivity index (χ0) is 9.68. The van der Waals surface area contributed by atoms with Crippen molar-refractivity contribution in [2.45, 2.75) is 19.4 Å². The summed E-state index contributed by atoms with van der Waals surface area (Å²) in [5.41, 5.74) is 11.8. The Hall–Kier alpha value is -1.51. The van der Waals surface area contributed by atoms with Gasteiger partial charge < -0.3 is 11.5 Å². The molecule has 13 heavy (non-hydrogen) atoms. The van der Waals surface area contributed by atoms with Gasteiger partial charge in [0.25, 0.3) is 0 Å². The van der Waals surface area contributed by atoms with E-state index in [4.69, 9.17) is 11.5 Å². The van der Waals surface area contributed by atoms with Gasteiger partial charge in [0.05, 0.1) is 6.04 Å². The molecule has 0 saturated heterocycles. The lowest BCUT2D eigenvalue weighted by atomic mass is 10.1. The van der Waals surface area contributed by atoms with Crippen LogP contribution in [0.5, 0.6) is 0 Å². The van der Waals surface area contributed by atoms with Gasteiger partial charge in [-0.05, 0) is 18.9 Å². The third-order valence-electron chi connectivity index (χ3n) is 1.74. The molecule has 0 fully saturated rings. The van der Waals surface area contributed by atoms with E-state index in [0.717, 1.165) is 6.42 Å². The van der Waals surface area contributed by atoms with Crippen molar-refractivity contribution in [1.82, 2.24) is 0 Å². The maximum atomic E-state index is 5.27. The molecule has 0 aliphatic carbocycles. The van der Waals surface area contributed by atoms with Gasteiger partial charge in [0.1, 0.15) is 0 Å². The molecule has 1 atom stereocenters. The first kappa shape index (κ1) is 9.58. The topological polar surface area (TPSA) is 64.4 Å². The molecule has 0 aromatic heterocycles. The van der Waals surface area contributed by atoms with Gasteiger partial charge in [-0.25, -0.2) is 0 Å². The lowest BCUT2D eigenvalue weighted by Crippen LogP contribution is -2.25. The van der Waals surface area contributed by atoms with Crippen LogP contribution in [0.15, 0.2) is 35.3 Å². The highest BCUT2D eigenvalue weighted by atomic mass is 15.0. The molecule has 0 spiro atoms. The molecule has 0 bridgehead atoms. The molecule has 1 aromatic carbocycles. The van der Waals surface area contributed by atoms with Crippen LogP contribution in [0.3, 0.4) is 0 Å². The number of guanidine groups is 1. The van der Waals surface area contributed by atoms with E-state index in [1.165, 1.54) is 5.56 Å². The molecule has 0 amide bonds. The van der Waals surface area contributed by atoms with Crippen molar-refractivity contribution in [2.75, 3.05) is 0 Å². The molecule has 3 heteroatoms. The Morgan fingerprint density at radius 3 is 2.46 bits per heavy atom. The predicted molar refractivity (Wildman–Crippen MR) is 55.4 cm³/mol. The molecule has 0 heterocycles. The van der Waals surface area contributed by atoms with Gasteiger partial charge in [-0.2, -0.15) is 0 Å². The van der Waals surface area contributed by atoms with E-state index < -0.39 is 0 Å². The quantitative estimate of drug-likeness (QED) is 0.532. The third-order valence-corrected chi connectivity index (χ3v) is 1.74. The monoisotopic (exact) mass is 177 g/mol. The highest BCUT2D eigenvalue weighted by Gasteiger charge is 2.00. The van der Waals surface area contributed by atoms with E-state index in [2.05, 4.69) is 17.1 Å². The van der Waals surface area contributed by atoms with Crippen molar-refractivity contribution >= 4 is 5.96 Å². The maximum Gasteiger partial charge on any atom is 0.186 e. The first-order chi connectivity index (χ1) is 6.18. The summed E-state index contributed by atoms with van der Waals surface area (Å²) in [6.45, 7) is 1.99. The first-order valence-electron chi connectivity index (χ1n) is 4.31. The van der Waals surface area contributed by atoms with E-state index in [0.29, 0.717) is 0 Å². The molecular weight excluding hydrogens is 162 g/mol. The average molecular weight is 177 g/mol. The van der Waals surface area contributed by atoms with Gasteiger partial charge in [-0.15, -0.1) is 0 Å². The highest BCUT2D eigenvalue weighted by molar-refractivity contribution is 5.75. The second-order valence-electron chi connectivity index (χ2n) is 3.09. The molecule has 0 aliphatic heterocycles. The van der Waals surface area contributed by atoms with Crippen molar-refractivity contribution in [3.05, 3.63) is 35.9 Å².